The molecule has 0 spiro atoms. The fourth-order valence-electron chi connectivity index (χ4n) is 1.05. The third kappa shape index (κ3) is 3.70. The lowest BCUT2D eigenvalue weighted by Crippen LogP contribution is -2.35. The quantitative estimate of drug-likeness (QED) is 0.657. The molecule has 7 nitrogen and oxygen atoms in total. The molecule has 0 bridgehead atoms. The lowest BCUT2D eigenvalue weighted by atomic mass is 10.1. The number of carbonyl (C=O) groups excluding carboxylic acids is 1. The first-order valence-electron chi connectivity index (χ1n) is 4.70. The summed E-state index contributed by atoms with van der Waals surface area (Å²) >= 11 is 0. The Morgan fingerprint density at radius 1 is 1.69 bits per heavy atom. The summed E-state index contributed by atoms with van der Waals surface area (Å²) in [6, 6.07) is 0.670. The molecule has 1 aromatic heterocycles. The van der Waals surface area contributed by atoms with E-state index < -0.39 is 17.9 Å². The maximum Gasteiger partial charge on any atom is 0.303 e. The normalized spacial score (nSPS) is 12.1. The molecule has 4 N–H and O–H groups in total. The number of aliphatic carboxylic acids is 1. The standard InChI is InChI=1S/C9H13N3O4/c1-5-4-7(16-12-5)11-9(15)6(10)2-3-8(13)14/h4,6H,2-3,10H2,1H3,(H,11,15)(H,13,14). The Bertz CT molecular complexity index is 388. The number of nitrogens with two attached hydrogens (primary N) is 1. The van der Waals surface area contributed by atoms with Gasteiger partial charge in [0, 0.05) is 12.5 Å². The highest BCUT2D eigenvalue weighted by Crippen LogP contribution is 2.09. The van der Waals surface area contributed by atoms with Crippen molar-refractivity contribution >= 4 is 17.8 Å². The number of carboxylic acids is 1. The van der Waals surface area contributed by atoms with Gasteiger partial charge in [-0.05, 0) is 13.3 Å². The summed E-state index contributed by atoms with van der Waals surface area (Å²) in [5.41, 5.74) is 6.12. The Kier molecular flexibility index (Phi) is 4.01. The van der Waals surface area contributed by atoms with Gasteiger partial charge in [0.15, 0.2) is 0 Å². The second kappa shape index (κ2) is 5.26. The molecule has 0 aromatic carbocycles. The highest BCUT2D eigenvalue weighted by Gasteiger charge is 2.16. The average molecular weight is 227 g/mol. The molecule has 1 heterocycles. The van der Waals surface area contributed by atoms with Gasteiger partial charge in [-0.2, -0.15) is 0 Å². The van der Waals surface area contributed by atoms with E-state index in [4.69, 9.17) is 15.4 Å². The van der Waals surface area contributed by atoms with Crippen LogP contribution in [0.3, 0.4) is 0 Å². The highest BCUT2D eigenvalue weighted by atomic mass is 16.5. The van der Waals surface area contributed by atoms with Crippen LogP contribution in [0.1, 0.15) is 18.5 Å². The molecule has 0 fully saturated rings. The third-order valence-electron chi connectivity index (χ3n) is 1.88. The molecule has 0 aliphatic carbocycles. The van der Waals surface area contributed by atoms with E-state index in [-0.39, 0.29) is 18.7 Å². The zero-order valence-corrected chi connectivity index (χ0v) is 8.77. The van der Waals surface area contributed by atoms with Crippen LogP contribution in [0, 0.1) is 6.92 Å². The SMILES string of the molecule is Cc1cc(NC(=O)C(N)CCC(=O)O)on1. The number of nitrogens with one attached hydrogen (secondary N) is 1. The van der Waals surface area contributed by atoms with Crippen molar-refractivity contribution in [2.24, 2.45) is 5.73 Å². The predicted molar refractivity (Wildman–Crippen MR) is 54.7 cm³/mol. The summed E-state index contributed by atoms with van der Waals surface area (Å²) in [7, 11) is 0. The summed E-state index contributed by atoms with van der Waals surface area (Å²) in [6.45, 7) is 1.71. The molecule has 0 saturated carbocycles. The van der Waals surface area contributed by atoms with E-state index in [0.717, 1.165) is 0 Å². The van der Waals surface area contributed by atoms with Crippen LogP contribution in [0.15, 0.2) is 10.6 Å². The monoisotopic (exact) mass is 227 g/mol. The number of hydrogen-bond donors (Lipinski definition) is 3. The van der Waals surface area contributed by atoms with Gasteiger partial charge in [-0.25, -0.2) is 0 Å². The van der Waals surface area contributed by atoms with E-state index in [1.807, 2.05) is 0 Å². The topological polar surface area (TPSA) is 118 Å². The van der Waals surface area contributed by atoms with Crippen LogP contribution in [0.4, 0.5) is 5.88 Å². The zero-order valence-electron chi connectivity index (χ0n) is 8.77. The first kappa shape index (κ1) is 12.2. The molecule has 0 aliphatic heterocycles. The van der Waals surface area contributed by atoms with Crippen LogP contribution in [0.5, 0.6) is 0 Å². The van der Waals surface area contributed by atoms with Gasteiger partial charge in [0.2, 0.25) is 11.8 Å². The average Bonchev–Trinajstić information content (AvgIpc) is 2.60. The van der Waals surface area contributed by atoms with E-state index in [1.165, 1.54) is 0 Å². The van der Waals surface area contributed by atoms with Crippen LogP contribution in [-0.4, -0.2) is 28.2 Å². The first-order valence-corrected chi connectivity index (χ1v) is 4.70. The van der Waals surface area contributed by atoms with Crippen molar-refractivity contribution in [3.05, 3.63) is 11.8 Å². The van der Waals surface area contributed by atoms with Gasteiger partial charge in [-0.1, -0.05) is 5.16 Å². The molecule has 1 atom stereocenters. The Labute approximate surface area is 91.6 Å². The minimum absolute atomic E-state index is 0.0777. The van der Waals surface area contributed by atoms with Crippen LogP contribution in [0.2, 0.25) is 0 Å². The van der Waals surface area contributed by atoms with Crippen LogP contribution < -0.4 is 11.1 Å². The van der Waals surface area contributed by atoms with Gasteiger partial charge in [0.25, 0.3) is 0 Å². The van der Waals surface area contributed by atoms with E-state index in [1.54, 1.807) is 13.0 Å². The number of rotatable bonds is 5. The second-order valence-corrected chi connectivity index (χ2v) is 3.36. The molecule has 0 saturated heterocycles. The van der Waals surface area contributed by atoms with Crippen molar-refractivity contribution in [2.75, 3.05) is 5.32 Å². The van der Waals surface area contributed by atoms with Crippen molar-refractivity contribution in [2.45, 2.75) is 25.8 Å². The summed E-state index contributed by atoms with van der Waals surface area (Å²) in [5, 5.41) is 14.4. The number of anilines is 1. The Hall–Kier alpha value is -1.89. The summed E-state index contributed by atoms with van der Waals surface area (Å²) in [6.07, 6.45) is -0.0711. The van der Waals surface area contributed by atoms with Crippen LogP contribution in [0.25, 0.3) is 0 Å². The number of hydrogen-bond acceptors (Lipinski definition) is 5. The molecule has 1 unspecified atom stereocenters. The van der Waals surface area contributed by atoms with Crippen molar-refractivity contribution in [3.8, 4) is 0 Å². The Balaban J connectivity index is 2.42. The minimum Gasteiger partial charge on any atom is -0.481 e. The van der Waals surface area contributed by atoms with E-state index >= 15 is 0 Å². The first-order chi connectivity index (χ1) is 7.49. The molecule has 1 rings (SSSR count). The molecular weight excluding hydrogens is 214 g/mol. The summed E-state index contributed by atoms with van der Waals surface area (Å²) < 4.78 is 4.76. The van der Waals surface area contributed by atoms with Gasteiger partial charge in [-0.3, -0.25) is 14.9 Å². The molecule has 7 heteroatoms. The molecule has 0 aliphatic rings. The molecule has 1 aromatic rings. The minimum atomic E-state index is -0.987. The maximum atomic E-state index is 11.4. The van der Waals surface area contributed by atoms with E-state index in [9.17, 15) is 9.59 Å². The van der Waals surface area contributed by atoms with Gasteiger partial charge in [-0.15, -0.1) is 0 Å². The van der Waals surface area contributed by atoms with Gasteiger partial charge >= 0.3 is 5.97 Å². The number of nitrogens with zero attached hydrogens (tertiary/aromatic N) is 1. The van der Waals surface area contributed by atoms with Gasteiger partial charge in [0.1, 0.15) is 0 Å². The van der Waals surface area contributed by atoms with Gasteiger partial charge < -0.3 is 15.4 Å². The molecule has 16 heavy (non-hydrogen) atoms. The predicted octanol–water partition coefficient (Wildman–Crippen LogP) is 0.114. The lowest BCUT2D eigenvalue weighted by molar-refractivity contribution is -0.137. The highest BCUT2D eigenvalue weighted by molar-refractivity contribution is 5.93. The van der Waals surface area contributed by atoms with E-state index in [0.29, 0.717) is 5.69 Å². The number of carboxylic acid groups (broad SMARTS) is 1. The van der Waals surface area contributed by atoms with Crippen LogP contribution >= 0.6 is 0 Å². The fourth-order valence-corrected chi connectivity index (χ4v) is 1.05. The zero-order chi connectivity index (χ0) is 12.1. The molecule has 0 radical (unpaired) electrons. The maximum absolute atomic E-state index is 11.4. The molecule has 88 valence electrons. The number of amides is 1. The number of aryl methyl sites for hydroxylation is 1. The van der Waals surface area contributed by atoms with Crippen molar-refractivity contribution in [1.29, 1.82) is 0 Å². The third-order valence-corrected chi connectivity index (χ3v) is 1.88. The van der Waals surface area contributed by atoms with Crippen LogP contribution in [-0.2, 0) is 9.59 Å². The Morgan fingerprint density at radius 3 is 2.88 bits per heavy atom. The van der Waals surface area contributed by atoms with Crippen molar-refractivity contribution in [3.63, 3.8) is 0 Å². The van der Waals surface area contributed by atoms with Crippen molar-refractivity contribution < 1.29 is 19.2 Å². The summed E-state index contributed by atoms with van der Waals surface area (Å²) in [4.78, 5) is 21.7. The van der Waals surface area contributed by atoms with E-state index in [2.05, 4.69) is 10.5 Å². The molecule has 1 amide bonds. The fraction of sp³-hybridized carbons (Fsp3) is 0.444. The van der Waals surface area contributed by atoms with Gasteiger partial charge in [0.05, 0.1) is 11.7 Å². The smallest absolute Gasteiger partial charge is 0.303 e. The Morgan fingerprint density at radius 2 is 2.38 bits per heavy atom. The summed E-state index contributed by atoms with van der Waals surface area (Å²) in [5.74, 6) is -1.27. The number of carbonyl (C=O) groups is 2. The molecular formula is C9H13N3O4. The van der Waals surface area contributed by atoms with Crippen molar-refractivity contribution in [1.82, 2.24) is 5.16 Å². The number of aromatic nitrogens is 1. The largest absolute Gasteiger partial charge is 0.481 e. The second-order valence-electron chi connectivity index (χ2n) is 3.36. The lowest BCUT2D eigenvalue weighted by Gasteiger charge is -2.08.